The van der Waals surface area contributed by atoms with Crippen LogP contribution in [0.1, 0.15) is 12.0 Å². The lowest BCUT2D eigenvalue weighted by Crippen LogP contribution is -2.26. The number of halogens is 3. The maximum atomic E-state index is 14.2. The van der Waals surface area contributed by atoms with Crippen molar-refractivity contribution in [2.45, 2.75) is 17.2 Å². The van der Waals surface area contributed by atoms with E-state index in [0.29, 0.717) is 11.4 Å². The van der Waals surface area contributed by atoms with Crippen molar-refractivity contribution in [1.82, 2.24) is 0 Å². The molecule has 0 bridgehead atoms. The molecule has 2 heterocycles. The van der Waals surface area contributed by atoms with Gasteiger partial charge in [0, 0.05) is 13.0 Å². The van der Waals surface area contributed by atoms with Crippen LogP contribution in [0.4, 0.5) is 24.5 Å². The van der Waals surface area contributed by atoms with Gasteiger partial charge in [-0.15, -0.1) is 4.40 Å². The minimum absolute atomic E-state index is 0.144. The number of anilines is 2. The molecule has 1 fully saturated rings. The van der Waals surface area contributed by atoms with Gasteiger partial charge in [0.25, 0.3) is 15.9 Å². The van der Waals surface area contributed by atoms with Crippen LogP contribution < -0.4 is 10.2 Å². The second kappa shape index (κ2) is 5.73. The molecule has 136 valence electrons. The third kappa shape index (κ3) is 2.82. The van der Waals surface area contributed by atoms with E-state index < -0.39 is 28.3 Å². The van der Waals surface area contributed by atoms with Crippen LogP contribution in [0.5, 0.6) is 0 Å². The van der Waals surface area contributed by atoms with Gasteiger partial charge < -0.3 is 10.2 Å². The number of nitrogens with one attached hydrogen (secondary N) is 1. The Morgan fingerprint density at radius 2 is 1.88 bits per heavy atom. The van der Waals surface area contributed by atoms with Gasteiger partial charge in [-0.3, -0.25) is 0 Å². The molecule has 2 aliphatic rings. The second-order valence-corrected chi connectivity index (χ2v) is 7.77. The maximum absolute atomic E-state index is 14.2. The van der Waals surface area contributed by atoms with E-state index in [9.17, 15) is 21.6 Å². The Morgan fingerprint density at radius 3 is 2.62 bits per heavy atom. The Hall–Kier alpha value is -2.55. The largest absolute Gasteiger partial charge is 0.364 e. The Balaban J connectivity index is 1.73. The predicted molar refractivity (Wildman–Crippen MR) is 92.0 cm³/mol. The van der Waals surface area contributed by atoms with E-state index in [0.717, 1.165) is 6.07 Å². The lowest BCUT2D eigenvalue weighted by atomic mass is 10.1. The topological polar surface area (TPSA) is 61.8 Å². The molecule has 0 unspecified atom stereocenters. The molecule has 0 aliphatic carbocycles. The summed E-state index contributed by atoms with van der Waals surface area (Å²) in [6.45, 7) is -0.261. The van der Waals surface area contributed by atoms with Crippen LogP contribution >= 0.6 is 0 Å². The highest BCUT2D eigenvalue weighted by atomic mass is 32.2. The van der Waals surface area contributed by atoms with Crippen LogP contribution in [0, 0.1) is 5.82 Å². The molecule has 26 heavy (non-hydrogen) atoms. The van der Waals surface area contributed by atoms with Gasteiger partial charge in [0.05, 0.1) is 23.5 Å². The van der Waals surface area contributed by atoms with E-state index in [4.69, 9.17) is 0 Å². The maximum Gasteiger partial charge on any atom is 0.285 e. The molecule has 1 saturated heterocycles. The molecule has 0 saturated carbocycles. The molecule has 2 aliphatic heterocycles. The molecule has 1 N–H and O–H groups in total. The van der Waals surface area contributed by atoms with Crippen LogP contribution in [0.25, 0.3) is 0 Å². The Kier molecular flexibility index (Phi) is 3.72. The van der Waals surface area contributed by atoms with Crippen molar-refractivity contribution in [1.29, 1.82) is 0 Å². The first-order chi connectivity index (χ1) is 12.3. The molecule has 0 amide bonds. The number of sulfonamides is 1. The number of para-hydroxylation sites is 2. The van der Waals surface area contributed by atoms with Crippen LogP contribution in [0.3, 0.4) is 0 Å². The fourth-order valence-corrected chi connectivity index (χ4v) is 4.35. The number of benzene rings is 2. The van der Waals surface area contributed by atoms with Gasteiger partial charge in [-0.05, 0) is 24.3 Å². The van der Waals surface area contributed by atoms with Crippen LogP contribution in [0.2, 0.25) is 0 Å². The molecule has 5 nitrogen and oxygen atoms in total. The average Bonchev–Trinajstić information content (AvgIpc) is 3.06. The number of hydrogen-bond acceptors (Lipinski definition) is 4. The first-order valence-corrected chi connectivity index (χ1v) is 9.34. The lowest BCUT2D eigenvalue weighted by Gasteiger charge is -2.22. The minimum Gasteiger partial charge on any atom is -0.364 e. The average molecular weight is 381 g/mol. The predicted octanol–water partition coefficient (Wildman–Crippen LogP) is 3.23. The quantitative estimate of drug-likeness (QED) is 0.868. The zero-order valence-corrected chi connectivity index (χ0v) is 14.2. The van der Waals surface area contributed by atoms with Crippen LogP contribution in [0.15, 0.2) is 51.8 Å². The summed E-state index contributed by atoms with van der Waals surface area (Å²) in [5.41, 5.74) is 0.721. The Bertz CT molecular complexity index is 1020. The van der Waals surface area contributed by atoms with Gasteiger partial charge in [0.1, 0.15) is 10.7 Å². The van der Waals surface area contributed by atoms with Crippen molar-refractivity contribution in [3.8, 4) is 0 Å². The number of hydrogen-bond donors (Lipinski definition) is 1. The molecular weight excluding hydrogens is 367 g/mol. The molecule has 0 spiro atoms. The Morgan fingerprint density at radius 1 is 1.12 bits per heavy atom. The molecule has 9 heteroatoms. The lowest BCUT2D eigenvalue weighted by molar-refractivity contribution is 0.0257. The van der Waals surface area contributed by atoms with Crippen molar-refractivity contribution in [3.05, 3.63) is 53.8 Å². The molecular formula is C17H14F3N3O2S. The van der Waals surface area contributed by atoms with Gasteiger partial charge in [-0.1, -0.05) is 18.2 Å². The van der Waals surface area contributed by atoms with E-state index in [1.54, 1.807) is 24.3 Å². The zero-order chi connectivity index (χ0) is 18.5. The summed E-state index contributed by atoms with van der Waals surface area (Å²) in [5.74, 6) is -3.66. The summed E-state index contributed by atoms with van der Waals surface area (Å²) in [5, 5.41) is 2.81. The van der Waals surface area contributed by atoms with E-state index in [-0.39, 0.29) is 29.3 Å². The highest BCUT2D eigenvalue weighted by Gasteiger charge is 2.39. The van der Waals surface area contributed by atoms with E-state index >= 15 is 0 Å². The van der Waals surface area contributed by atoms with E-state index in [1.165, 1.54) is 17.0 Å². The van der Waals surface area contributed by atoms with E-state index in [1.807, 2.05) is 0 Å². The van der Waals surface area contributed by atoms with Crippen molar-refractivity contribution in [3.63, 3.8) is 0 Å². The molecule has 2 aromatic carbocycles. The molecule has 0 radical (unpaired) electrons. The zero-order valence-electron chi connectivity index (χ0n) is 13.4. The SMILES string of the molecule is O=S1(=O)N=C(Nc2ccccc2N2CCC(F)(F)C2)c2c(F)cccc21. The first-order valence-electron chi connectivity index (χ1n) is 7.90. The van der Waals surface area contributed by atoms with Crippen LogP contribution in [-0.2, 0) is 10.0 Å². The van der Waals surface area contributed by atoms with Crippen molar-refractivity contribution in [2.75, 3.05) is 23.3 Å². The van der Waals surface area contributed by atoms with Gasteiger partial charge in [0.2, 0.25) is 0 Å². The summed E-state index contributed by atoms with van der Waals surface area (Å²) < 4.78 is 69.2. The normalized spacial score (nSPS) is 20.0. The Labute approximate surface area is 148 Å². The monoisotopic (exact) mass is 381 g/mol. The standard InChI is InChI=1S/C17H14F3N3O2S/c18-11-4-3-7-14-15(11)16(22-26(14,24)25)21-12-5-1-2-6-13(12)23-9-8-17(19,20)10-23/h1-7H,8-10H2,(H,21,22). The van der Waals surface area contributed by atoms with Crippen LogP contribution in [-0.4, -0.2) is 33.3 Å². The van der Waals surface area contributed by atoms with Gasteiger partial charge in [0.15, 0.2) is 5.84 Å². The minimum atomic E-state index is -4.00. The first kappa shape index (κ1) is 16.9. The molecule has 2 aromatic rings. The highest BCUT2D eigenvalue weighted by molar-refractivity contribution is 7.90. The fourth-order valence-electron chi connectivity index (χ4n) is 3.17. The highest BCUT2D eigenvalue weighted by Crippen LogP contribution is 2.36. The fraction of sp³-hybridized carbons (Fsp3) is 0.235. The molecule has 0 atom stereocenters. The van der Waals surface area contributed by atoms with Gasteiger partial charge >= 0.3 is 0 Å². The van der Waals surface area contributed by atoms with Gasteiger partial charge in [-0.2, -0.15) is 8.42 Å². The van der Waals surface area contributed by atoms with Crippen molar-refractivity contribution >= 4 is 27.2 Å². The summed E-state index contributed by atoms with van der Waals surface area (Å²) in [7, 11) is -4.00. The second-order valence-electron chi connectivity index (χ2n) is 6.20. The molecule has 4 rings (SSSR count). The third-order valence-corrected chi connectivity index (χ3v) is 5.69. The number of rotatable bonds is 2. The summed E-state index contributed by atoms with van der Waals surface area (Å²) in [4.78, 5) is 1.29. The van der Waals surface area contributed by atoms with Crippen molar-refractivity contribution in [2.24, 2.45) is 4.40 Å². The van der Waals surface area contributed by atoms with E-state index in [2.05, 4.69) is 9.71 Å². The number of amidine groups is 1. The summed E-state index contributed by atoms with van der Waals surface area (Å²) >= 11 is 0. The number of nitrogens with zero attached hydrogens (tertiary/aromatic N) is 2. The van der Waals surface area contributed by atoms with Crippen molar-refractivity contribution < 1.29 is 21.6 Å². The van der Waals surface area contributed by atoms with Gasteiger partial charge in [-0.25, -0.2) is 13.2 Å². The third-order valence-electron chi connectivity index (χ3n) is 4.37. The summed E-state index contributed by atoms with van der Waals surface area (Å²) in [6, 6.07) is 10.3. The number of alkyl halides is 2. The number of fused-ring (bicyclic) bond motifs is 1. The summed E-state index contributed by atoms with van der Waals surface area (Å²) in [6.07, 6.45) is -0.256. The smallest absolute Gasteiger partial charge is 0.285 e. The molecule has 0 aromatic heterocycles.